The molecule has 7 nitrogen and oxygen atoms in total. The normalized spacial score (nSPS) is 19.4. The van der Waals surface area contributed by atoms with E-state index in [1.54, 1.807) is 18.2 Å². The maximum Gasteiger partial charge on any atom is 0.269 e. The average molecular weight is 442 g/mol. The van der Waals surface area contributed by atoms with Crippen LogP contribution in [-0.2, 0) is 9.53 Å². The van der Waals surface area contributed by atoms with Crippen LogP contribution < -0.4 is 5.32 Å². The zero-order valence-corrected chi connectivity index (χ0v) is 17.9. The molecule has 1 aliphatic rings. The molecule has 2 atom stereocenters. The number of ether oxygens (including phenoxy) is 1. The molecule has 0 aliphatic carbocycles. The number of H-pyrrole nitrogens is 1. The Balaban J connectivity index is 1.62. The highest BCUT2D eigenvalue weighted by Crippen LogP contribution is 2.35. The molecule has 1 saturated heterocycles. The fourth-order valence-corrected chi connectivity index (χ4v) is 4.33. The van der Waals surface area contributed by atoms with Crippen LogP contribution in [-0.4, -0.2) is 34.6 Å². The van der Waals surface area contributed by atoms with Crippen LogP contribution in [0.2, 0.25) is 5.02 Å². The molecule has 8 heteroatoms. The highest BCUT2D eigenvalue weighted by atomic mass is 35.5. The summed E-state index contributed by atoms with van der Waals surface area (Å²) >= 11 is 6.22. The third-order valence-electron chi connectivity index (χ3n) is 5.91. The molecule has 1 amide bonds. The van der Waals surface area contributed by atoms with Crippen molar-refractivity contribution in [3.05, 3.63) is 74.9 Å². The van der Waals surface area contributed by atoms with Gasteiger partial charge in [0.1, 0.15) is 0 Å². The number of carbonyl (C=O) groups is 1. The van der Waals surface area contributed by atoms with Crippen molar-refractivity contribution < 1.29 is 14.5 Å². The lowest BCUT2D eigenvalue weighted by atomic mass is 9.87. The minimum atomic E-state index is -0.431. The Morgan fingerprint density at radius 3 is 2.77 bits per heavy atom. The smallest absolute Gasteiger partial charge is 0.269 e. The van der Waals surface area contributed by atoms with Crippen molar-refractivity contribution in [3.8, 4) is 0 Å². The molecule has 162 valence electrons. The SMILES string of the molecule is C[C@@]1(CNC(=O)C[C@H](c2ccc([N+](=O)[O-])cc2)c2c[nH]c3ccc(Cl)cc23)CCCO1. The Hall–Kier alpha value is -2.90. The molecule has 4 rings (SSSR count). The van der Waals surface area contributed by atoms with E-state index in [-0.39, 0.29) is 29.5 Å². The van der Waals surface area contributed by atoms with E-state index in [0.717, 1.165) is 34.9 Å². The highest BCUT2D eigenvalue weighted by molar-refractivity contribution is 6.31. The Morgan fingerprint density at radius 2 is 2.10 bits per heavy atom. The molecule has 3 aromatic rings. The quantitative estimate of drug-likeness (QED) is 0.401. The number of aromatic amines is 1. The van der Waals surface area contributed by atoms with Gasteiger partial charge in [-0.3, -0.25) is 14.9 Å². The lowest BCUT2D eigenvalue weighted by molar-refractivity contribution is -0.384. The van der Waals surface area contributed by atoms with Crippen molar-refractivity contribution in [3.63, 3.8) is 0 Å². The van der Waals surface area contributed by atoms with Crippen molar-refractivity contribution in [1.82, 2.24) is 10.3 Å². The number of non-ortho nitro benzene ring substituents is 1. The molecule has 2 aromatic carbocycles. The number of rotatable bonds is 7. The summed E-state index contributed by atoms with van der Waals surface area (Å²) in [6.07, 6.45) is 3.99. The van der Waals surface area contributed by atoms with E-state index in [1.807, 2.05) is 25.3 Å². The van der Waals surface area contributed by atoms with Gasteiger partial charge in [0.15, 0.2) is 0 Å². The van der Waals surface area contributed by atoms with E-state index in [2.05, 4.69) is 10.3 Å². The van der Waals surface area contributed by atoms with Gasteiger partial charge in [-0.1, -0.05) is 23.7 Å². The van der Waals surface area contributed by atoms with Crippen molar-refractivity contribution >= 4 is 34.1 Å². The Morgan fingerprint density at radius 1 is 1.32 bits per heavy atom. The van der Waals surface area contributed by atoms with Crippen molar-refractivity contribution in [2.24, 2.45) is 0 Å². The first-order valence-electron chi connectivity index (χ1n) is 10.3. The second kappa shape index (κ2) is 8.69. The van der Waals surface area contributed by atoms with Gasteiger partial charge in [-0.2, -0.15) is 0 Å². The van der Waals surface area contributed by atoms with Crippen molar-refractivity contribution in [1.29, 1.82) is 0 Å². The van der Waals surface area contributed by atoms with Gasteiger partial charge in [-0.25, -0.2) is 0 Å². The van der Waals surface area contributed by atoms with Gasteiger partial charge >= 0.3 is 0 Å². The van der Waals surface area contributed by atoms with Crippen LogP contribution in [0.1, 0.15) is 43.2 Å². The summed E-state index contributed by atoms with van der Waals surface area (Å²) in [5, 5.41) is 15.6. The van der Waals surface area contributed by atoms with Crippen LogP contribution in [0.3, 0.4) is 0 Å². The molecule has 0 spiro atoms. The third-order valence-corrected chi connectivity index (χ3v) is 6.14. The molecule has 31 heavy (non-hydrogen) atoms. The summed E-state index contributed by atoms with van der Waals surface area (Å²) in [6.45, 7) is 3.18. The number of amides is 1. The molecule has 0 bridgehead atoms. The maximum absolute atomic E-state index is 12.9. The van der Waals surface area contributed by atoms with E-state index in [0.29, 0.717) is 18.2 Å². The van der Waals surface area contributed by atoms with E-state index < -0.39 is 4.92 Å². The number of halogens is 1. The molecule has 1 aliphatic heterocycles. The van der Waals surface area contributed by atoms with Crippen LogP contribution in [0.25, 0.3) is 10.9 Å². The zero-order chi connectivity index (χ0) is 22.0. The zero-order valence-electron chi connectivity index (χ0n) is 17.2. The topological polar surface area (TPSA) is 97.3 Å². The van der Waals surface area contributed by atoms with Crippen LogP contribution in [0.4, 0.5) is 5.69 Å². The first kappa shape index (κ1) is 21.3. The molecular weight excluding hydrogens is 418 g/mol. The first-order valence-corrected chi connectivity index (χ1v) is 10.6. The van der Waals surface area contributed by atoms with Crippen LogP contribution in [0.5, 0.6) is 0 Å². The molecule has 1 fully saturated rings. The minimum Gasteiger partial charge on any atom is -0.373 e. The van der Waals surface area contributed by atoms with Gasteiger partial charge in [-0.05, 0) is 49.1 Å². The number of hydrogen-bond donors (Lipinski definition) is 2. The standard InChI is InChI=1S/C23H24ClN3O4/c1-23(9-2-10-31-23)14-26-22(28)12-18(15-3-6-17(7-4-15)27(29)30)20-13-25-21-8-5-16(24)11-19(20)21/h3-8,11,13,18,25H,2,9-10,12,14H2,1H3,(H,26,28)/t18-,23+/m1/s1. The summed E-state index contributed by atoms with van der Waals surface area (Å²) in [4.78, 5) is 26.7. The van der Waals surface area contributed by atoms with Gasteiger partial charge in [-0.15, -0.1) is 0 Å². The van der Waals surface area contributed by atoms with Gasteiger partial charge in [0.05, 0.1) is 10.5 Å². The second-order valence-electron chi connectivity index (χ2n) is 8.22. The van der Waals surface area contributed by atoms with Gasteiger partial charge in [0.2, 0.25) is 5.91 Å². The number of nitro groups is 1. The number of fused-ring (bicyclic) bond motifs is 1. The predicted molar refractivity (Wildman–Crippen MR) is 119 cm³/mol. The monoisotopic (exact) mass is 441 g/mol. The number of nitro benzene ring substituents is 1. The number of aromatic nitrogens is 1. The average Bonchev–Trinajstić information content (AvgIpc) is 3.37. The summed E-state index contributed by atoms with van der Waals surface area (Å²) in [5.41, 5.74) is 2.35. The van der Waals surface area contributed by atoms with E-state index >= 15 is 0 Å². The van der Waals surface area contributed by atoms with Crippen LogP contribution in [0, 0.1) is 10.1 Å². The van der Waals surface area contributed by atoms with Gasteiger partial charge in [0.25, 0.3) is 5.69 Å². The van der Waals surface area contributed by atoms with Crippen molar-refractivity contribution in [2.75, 3.05) is 13.2 Å². The lowest BCUT2D eigenvalue weighted by Crippen LogP contribution is -2.40. The minimum absolute atomic E-state index is 0.0141. The maximum atomic E-state index is 12.9. The summed E-state index contributed by atoms with van der Waals surface area (Å²) in [5.74, 6) is -0.387. The second-order valence-corrected chi connectivity index (χ2v) is 8.65. The molecular formula is C23H24ClN3O4. The van der Waals surface area contributed by atoms with E-state index in [4.69, 9.17) is 16.3 Å². The molecule has 2 N–H and O–H groups in total. The predicted octanol–water partition coefficient (Wildman–Crippen LogP) is 4.94. The first-order chi connectivity index (χ1) is 14.8. The van der Waals surface area contributed by atoms with Crippen LogP contribution >= 0.6 is 11.6 Å². The summed E-state index contributed by atoms with van der Waals surface area (Å²) in [7, 11) is 0. The third kappa shape index (κ3) is 4.73. The summed E-state index contributed by atoms with van der Waals surface area (Å²) in [6, 6.07) is 11.9. The van der Waals surface area contributed by atoms with Gasteiger partial charge in [0, 0.05) is 59.7 Å². The highest BCUT2D eigenvalue weighted by Gasteiger charge is 2.30. The molecule has 0 saturated carbocycles. The molecule has 0 unspecified atom stereocenters. The fourth-order valence-electron chi connectivity index (χ4n) is 4.16. The Labute approximate surface area is 184 Å². The number of hydrogen-bond acceptors (Lipinski definition) is 4. The largest absolute Gasteiger partial charge is 0.373 e. The fraction of sp³-hybridized carbons (Fsp3) is 0.348. The number of nitrogens with one attached hydrogen (secondary N) is 2. The molecule has 0 radical (unpaired) electrons. The number of carbonyl (C=O) groups excluding carboxylic acids is 1. The van der Waals surface area contributed by atoms with E-state index in [1.165, 1.54) is 12.1 Å². The van der Waals surface area contributed by atoms with E-state index in [9.17, 15) is 14.9 Å². The van der Waals surface area contributed by atoms with Crippen molar-refractivity contribution in [2.45, 2.75) is 37.7 Å². The Bertz CT molecular complexity index is 1100. The molecule has 1 aromatic heterocycles. The Kier molecular flexibility index (Phi) is 5.98. The molecule has 2 heterocycles. The lowest BCUT2D eigenvalue weighted by Gasteiger charge is -2.24. The van der Waals surface area contributed by atoms with Gasteiger partial charge < -0.3 is 15.0 Å². The van der Waals surface area contributed by atoms with Crippen LogP contribution in [0.15, 0.2) is 48.7 Å². The number of benzene rings is 2. The number of nitrogens with zero attached hydrogens (tertiary/aromatic N) is 1. The summed E-state index contributed by atoms with van der Waals surface area (Å²) < 4.78 is 5.76.